The number of anilines is 1. The molecule has 192 valence electrons. The molecule has 38 heavy (non-hydrogen) atoms. The third kappa shape index (κ3) is 4.24. The van der Waals surface area contributed by atoms with E-state index in [1.54, 1.807) is 36.5 Å². The number of carbonyl (C=O) groups is 2. The van der Waals surface area contributed by atoms with E-state index in [1.165, 1.54) is 11.1 Å². The highest BCUT2D eigenvalue weighted by atomic mass is 35.5. The maximum atomic E-state index is 13.2. The summed E-state index contributed by atoms with van der Waals surface area (Å²) in [6.07, 6.45) is 3.15. The highest BCUT2D eigenvalue weighted by Crippen LogP contribution is 2.33. The van der Waals surface area contributed by atoms with Gasteiger partial charge in [-0.25, -0.2) is 9.78 Å². The van der Waals surface area contributed by atoms with E-state index in [9.17, 15) is 19.5 Å². The Hall–Kier alpha value is -4.37. The van der Waals surface area contributed by atoms with E-state index in [1.807, 2.05) is 34.9 Å². The first-order valence-electron chi connectivity index (χ1n) is 12.3. The molecule has 9 nitrogen and oxygen atoms in total. The van der Waals surface area contributed by atoms with Gasteiger partial charge in [-0.2, -0.15) is 0 Å². The van der Waals surface area contributed by atoms with Crippen molar-refractivity contribution < 1.29 is 14.7 Å². The minimum atomic E-state index is -0.886. The summed E-state index contributed by atoms with van der Waals surface area (Å²) in [5, 5.41) is 13.2. The lowest BCUT2D eigenvalue weighted by Gasteiger charge is -2.33. The number of aromatic nitrogens is 2. The topological polar surface area (TPSA) is 108 Å². The van der Waals surface area contributed by atoms with Crippen LogP contribution in [0.2, 0.25) is 5.02 Å². The van der Waals surface area contributed by atoms with Crippen molar-refractivity contribution >= 4 is 40.3 Å². The maximum absolute atomic E-state index is 13.2. The second kappa shape index (κ2) is 9.50. The Morgan fingerprint density at radius 2 is 1.87 bits per heavy atom. The van der Waals surface area contributed by atoms with Crippen molar-refractivity contribution in [2.75, 3.05) is 18.0 Å². The van der Waals surface area contributed by atoms with Crippen LogP contribution < -0.4 is 15.6 Å². The lowest BCUT2D eigenvalue weighted by molar-refractivity contribution is 0.0950. The van der Waals surface area contributed by atoms with Crippen LogP contribution in [0.25, 0.3) is 16.6 Å². The Bertz CT molecular complexity index is 1610. The summed E-state index contributed by atoms with van der Waals surface area (Å²) in [7, 11) is 0. The molecule has 0 aliphatic carbocycles. The lowest BCUT2D eigenvalue weighted by atomic mass is 10.1. The molecule has 2 fully saturated rings. The smallest absolute Gasteiger partial charge is 0.407 e. The number of hydrogen-bond acceptors (Lipinski definition) is 5. The molecule has 0 spiro atoms. The molecule has 4 heterocycles. The molecule has 10 heteroatoms. The summed E-state index contributed by atoms with van der Waals surface area (Å²) >= 11 is 6.22. The number of fused-ring (bicyclic) bond motifs is 3. The molecule has 2 aromatic heterocycles. The average molecular weight is 530 g/mol. The summed E-state index contributed by atoms with van der Waals surface area (Å²) in [6, 6.07) is 18.3. The van der Waals surface area contributed by atoms with Crippen molar-refractivity contribution in [1.82, 2.24) is 19.8 Å². The molecule has 2 aromatic carbocycles. The molecule has 2 aliphatic heterocycles. The van der Waals surface area contributed by atoms with Crippen LogP contribution in [0.4, 0.5) is 10.6 Å². The van der Waals surface area contributed by atoms with E-state index in [4.69, 9.17) is 11.6 Å². The van der Waals surface area contributed by atoms with Crippen molar-refractivity contribution in [1.29, 1.82) is 0 Å². The normalized spacial score (nSPS) is 18.2. The summed E-state index contributed by atoms with van der Waals surface area (Å²) < 4.78 is 1.90. The van der Waals surface area contributed by atoms with E-state index in [-0.39, 0.29) is 30.0 Å². The first-order chi connectivity index (χ1) is 18.4. The maximum Gasteiger partial charge on any atom is 0.407 e. The van der Waals surface area contributed by atoms with Gasteiger partial charge >= 0.3 is 6.09 Å². The Morgan fingerprint density at radius 3 is 2.55 bits per heavy atom. The summed E-state index contributed by atoms with van der Waals surface area (Å²) in [5.41, 5.74) is 2.20. The number of nitrogens with one attached hydrogen (secondary N) is 1. The Kier molecular flexibility index (Phi) is 6.00. The van der Waals surface area contributed by atoms with Gasteiger partial charge in [0.15, 0.2) is 5.43 Å². The van der Waals surface area contributed by atoms with Crippen LogP contribution in [0.15, 0.2) is 77.9 Å². The molecule has 2 N–H and O–H groups in total. The van der Waals surface area contributed by atoms with Gasteiger partial charge in [0.1, 0.15) is 5.82 Å². The number of halogens is 1. The number of pyridine rings is 2. The number of carboxylic acid groups (broad SMARTS) is 1. The largest absolute Gasteiger partial charge is 0.465 e. The zero-order valence-electron chi connectivity index (χ0n) is 20.3. The second-order valence-corrected chi connectivity index (χ2v) is 10.0. The van der Waals surface area contributed by atoms with Crippen LogP contribution in [0.3, 0.4) is 0 Å². The summed E-state index contributed by atoms with van der Waals surface area (Å²) in [4.78, 5) is 45.5. The first kappa shape index (κ1) is 24.0. The zero-order valence-corrected chi connectivity index (χ0v) is 21.0. The van der Waals surface area contributed by atoms with Crippen molar-refractivity contribution in [2.45, 2.75) is 25.0 Å². The molecule has 4 aromatic rings. The number of benzene rings is 2. The Balaban J connectivity index is 1.20. The van der Waals surface area contributed by atoms with E-state index >= 15 is 0 Å². The van der Waals surface area contributed by atoms with E-state index < -0.39 is 6.09 Å². The SMILES string of the molecule is O=C(NCc1cn(-c2ccccc2)c2cc(Cl)ccc2c1=O)c1ccc(N2C[C@@H]3C[C@H]2CN3C(=O)O)nc1. The number of piperazine rings is 1. The predicted molar refractivity (Wildman–Crippen MR) is 144 cm³/mol. The molecule has 0 radical (unpaired) electrons. The van der Waals surface area contributed by atoms with Crippen molar-refractivity contribution in [3.63, 3.8) is 0 Å². The van der Waals surface area contributed by atoms with Gasteiger partial charge in [-0.05, 0) is 48.9 Å². The molecule has 2 amide bonds. The minimum Gasteiger partial charge on any atom is -0.465 e. The Labute approximate surface area is 222 Å². The first-order valence-corrected chi connectivity index (χ1v) is 12.7. The molecule has 2 saturated heterocycles. The third-order valence-electron chi connectivity index (χ3n) is 7.30. The van der Waals surface area contributed by atoms with Gasteiger partial charge in [-0.3, -0.25) is 9.59 Å². The minimum absolute atomic E-state index is 0.0276. The fourth-order valence-corrected chi connectivity index (χ4v) is 5.60. The van der Waals surface area contributed by atoms with E-state index in [2.05, 4.69) is 15.2 Å². The number of nitrogens with zero attached hydrogens (tertiary/aromatic N) is 4. The predicted octanol–water partition coefficient (Wildman–Crippen LogP) is 3.91. The third-order valence-corrected chi connectivity index (χ3v) is 7.54. The van der Waals surface area contributed by atoms with Crippen LogP contribution in [0.1, 0.15) is 22.3 Å². The monoisotopic (exact) mass is 529 g/mol. The fourth-order valence-electron chi connectivity index (χ4n) is 5.43. The molecule has 2 aliphatic rings. The van der Waals surface area contributed by atoms with E-state index in [0.29, 0.717) is 40.1 Å². The van der Waals surface area contributed by atoms with Crippen LogP contribution in [-0.4, -0.2) is 56.7 Å². The number of likely N-dealkylation sites (tertiary alicyclic amines) is 1. The van der Waals surface area contributed by atoms with Crippen LogP contribution >= 0.6 is 11.6 Å². The Morgan fingerprint density at radius 1 is 1.05 bits per heavy atom. The number of hydrogen-bond donors (Lipinski definition) is 2. The van der Waals surface area contributed by atoms with Crippen molar-refractivity contribution in [3.8, 4) is 5.69 Å². The van der Waals surface area contributed by atoms with Crippen LogP contribution in [0, 0.1) is 0 Å². The fraction of sp³-hybridized carbons (Fsp3) is 0.214. The molecule has 2 bridgehead atoms. The molecule has 0 unspecified atom stereocenters. The zero-order chi connectivity index (χ0) is 26.4. The number of para-hydroxylation sites is 1. The molecule has 6 rings (SSSR count). The number of amides is 2. The molecule has 0 saturated carbocycles. The van der Waals surface area contributed by atoms with Crippen LogP contribution in [0.5, 0.6) is 0 Å². The number of rotatable bonds is 5. The molecular formula is C28H24ClN5O4. The highest BCUT2D eigenvalue weighted by molar-refractivity contribution is 6.31. The second-order valence-electron chi connectivity index (χ2n) is 9.57. The lowest BCUT2D eigenvalue weighted by Crippen LogP contribution is -2.48. The standard InChI is InChI=1S/C28H24ClN5O4/c29-19-7-8-23-24(10-19)32(20-4-2-1-3-5-20)14-18(26(23)35)13-31-27(36)17-6-9-25(30-12-17)33-15-22-11-21(33)16-34(22)28(37)38/h1-10,12,14,21-22H,11,13,15-16H2,(H,31,36)(H,37,38)/t21-,22-/m0/s1. The van der Waals surface area contributed by atoms with Gasteiger partial charge in [0.05, 0.1) is 23.2 Å². The van der Waals surface area contributed by atoms with Gasteiger partial charge in [0, 0.05) is 53.7 Å². The molecular weight excluding hydrogens is 506 g/mol. The van der Waals surface area contributed by atoms with Crippen LogP contribution in [-0.2, 0) is 6.54 Å². The van der Waals surface area contributed by atoms with Gasteiger partial charge in [0.2, 0.25) is 0 Å². The van der Waals surface area contributed by atoms with Gasteiger partial charge in [0.25, 0.3) is 5.91 Å². The van der Waals surface area contributed by atoms with Gasteiger partial charge < -0.3 is 24.8 Å². The highest BCUT2D eigenvalue weighted by Gasteiger charge is 2.45. The number of carbonyl (C=O) groups excluding carboxylic acids is 1. The van der Waals surface area contributed by atoms with E-state index in [0.717, 1.165) is 17.9 Å². The average Bonchev–Trinajstić information content (AvgIpc) is 3.55. The summed E-state index contributed by atoms with van der Waals surface area (Å²) in [6.45, 7) is 1.10. The van der Waals surface area contributed by atoms with Gasteiger partial charge in [-0.15, -0.1) is 0 Å². The van der Waals surface area contributed by atoms with Gasteiger partial charge in [-0.1, -0.05) is 29.8 Å². The molecule has 2 atom stereocenters. The van der Waals surface area contributed by atoms with Crippen molar-refractivity contribution in [2.24, 2.45) is 0 Å². The summed E-state index contributed by atoms with van der Waals surface area (Å²) in [5.74, 6) is 0.379. The van der Waals surface area contributed by atoms with Crippen molar-refractivity contribution in [3.05, 3.63) is 99.4 Å². The quantitative estimate of drug-likeness (QED) is 0.406.